The number of carbonyl (C=O) groups is 1. The van der Waals surface area contributed by atoms with Gasteiger partial charge in [-0.05, 0) is 40.1 Å². The quantitative estimate of drug-likeness (QED) is 0.430. The van der Waals surface area contributed by atoms with Crippen LogP contribution in [0.4, 0.5) is 0 Å². The van der Waals surface area contributed by atoms with Crippen LogP contribution < -0.4 is 0 Å². The molecule has 0 bridgehead atoms. The summed E-state index contributed by atoms with van der Waals surface area (Å²) in [6.45, 7) is 0.640. The van der Waals surface area contributed by atoms with E-state index in [1.807, 2.05) is 53.2 Å². The maximum absolute atomic E-state index is 13.0. The molecule has 1 atom stereocenters. The first-order valence-electron chi connectivity index (χ1n) is 9.94. The van der Waals surface area contributed by atoms with E-state index in [9.17, 15) is 9.90 Å². The third-order valence-electron chi connectivity index (χ3n) is 4.83. The van der Waals surface area contributed by atoms with E-state index in [1.54, 1.807) is 23.4 Å². The molecule has 0 spiro atoms. The number of pyridine rings is 1. The maximum atomic E-state index is 13.0. The van der Waals surface area contributed by atoms with E-state index in [4.69, 9.17) is 4.52 Å². The van der Waals surface area contributed by atoms with E-state index < -0.39 is 6.10 Å². The minimum atomic E-state index is -0.737. The Bertz CT molecular complexity index is 1080. The van der Waals surface area contributed by atoms with Crippen LogP contribution >= 0.6 is 11.3 Å². The highest BCUT2D eigenvalue weighted by Gasteiger charge is 2.20. The number of aryl methyl sites for hydroxylation is 1. The summed E-state index contributed by atoms with van der Waals surface area (Å²) in [5.74, 6) is 0.758. The Balaban J connectivity index is 1.42. The molecule has 3 heterocycles. The average Bonchev–Trinajstić information content (AvgIpc) is 3.51. The van der Waals surface area contributed by atoms with E-state index in [-0.39, 0.29) is 18.9 Å². The number of amides is 1. The van der Waals surface area contributed by atoms with Crippen molar-refractivity contribution in [2.24, 2.45) is 0 Å². The van der Waals surface area contributed by atoms with E-state index in [1.165, 1.54) is 11.3 Å². The van der Waals surface area contributed by atoms with Crippen molar-refractivity contribution in [2.45, 2.75) is 25.5 Å². The third kappa shape index (κ3) is 5.62. The fraction of sp³-hybridized carbons (Fsp3) is 0.217. The lowest BCUT2D eigenvalue weighted by Crippen LogP contribution is -2.34. The molecule has 0 saturated heterocycles. The number of hydrogen-bond donors (Lipinski definition) is 1. The second kappa shape index (κ2) is 10.1. The Morgan fingerprint density at radius 2 is 2.03 bits per heavy atom. The summed E-state index contributed by atoms with van der Waals surface area (Å²) in [4.78, 5) is 23.1. The summed E-state index contributed by atoms with van der Waals surface area (Å²) in [6.07, 6.45) is 3.13. The molecule has 0 saturated carbocycles. The van der Waals surface area contributed by atoms with Gasteiger partial charge in [0.2, 0.25) is 17.6 Å². The number of nitrogens with zero attached hydrogens (tertiary/aromatic N) is 4. The van der Waals surface area contributed by atoms with Gasteiger partial charge in [-0.1, -0.05) is 35.5 Å². The Kier molecular flexibility index (Phi) is 6.81. The highest BCUT2D eigenvalue weighted by Crippen LogP contribution is 2.20. The van der Waals surface area contributed by atoms with Gasteiger partial charge >= 0.3 is 0 Å². The maximum Gasteiger partial charge on any atom is 0.227 e. The lowest BCUT2D eigenvalue weighted by atomic mass is 10.1. The summed E-state index contributed by atoms with van der Waals surface area (Å²) in [5, 5.41) is 18.4. The SMILES string of the molecule is O=C(CCc1nc(-c2cccnc2)no1)N(Cc1ccccc1)C[C@H](O)c1ccsc1. The van der Waals surface area contributed by atoms with Crippen LogP contribution in [0.5, 0.6) is 0 Å². The van der Waals surface area contributed by atoms with Crippen molar-refractivity contribution in [3.05, 3.63) is 88.7 Å². The average molecular weight is 435 g/mol. The molecule has 4 aromatic rings. The molecule has 31 heavy (non-hydrogen) atoms. The number of benzene rings is 1. The monoisotopic (exact) mass is 434 g/mol. The number of aromatic nitrogens is 3. The molecule has 1 amide bonds. The van der Waals surface area contributed by atoms with E-state index >= 15 is 0 Å². The van der Waals surface area contributed by atoms with Crippen molar-refractivity contribution in [3.63, 3.8) is 0 Å². The Morgan fingerprint density at radius 1 is 1.16 bits per heavy atom. The molecule has 0 aliphatic heterocycles. The van der Waals surface area contributed by atoms with Crippen molar-refractivity contribution in [3.8, 4) is 11.4 Å². The summed E-state index contributed by atoms with van der Waals surface area (Å²) >= 11 is 1.52. The lowest BCUT2D eigenvalue weighted by Gasteiger charge is -2.25. The van der Waals surface area contributed by atoms with Crippen LogP contribution in [-0.2, 0) is 17.8 Å². The van der Waals surface area contributed by atoms with E-state index in [0.717, 1.165) is 16.7 Å². The minimum Gasteiger partial charge on any atom is -0.387 e. The molecular formula is C23H22N4O3S. The normalized spacial score (nSPS) is 11.9. The largest absolute Gasteiger partial charge is 0.387 e. The Labute approximate surface area is 184 Å². The van der Waals surface area contributed by atoms with Crippen molar-refractivity contribution in [1.29, 1.82) is 0 Å². The van der Waals surface area contributed by atoms with Gasteiger partial charge in [-0.2, -0.15) is 16.3 Å². The summed E-state index contributed by atoms with van der Waals surface area (Å²) in [6, 6.07) is 15.3. The smallest absolute Gasteiger partial charge is 0.227 e. The molecule has 1 aromatic carbocycles. The van der Waals surface area contributed by atoms with Crippen LogP contribution in [0.2, 0.25) is 0 Å². The minimum absolute atomic E-state index is 0.0840. The first kappa shape index (κ1) is 20.9. The number of carbonyl (C=O) groups excluding carboxylic acids is 1. The molecule has 8 heteroatoms. The Morgan fingerprint density at radius 3 is 2.77 bits per heavy atom. The van der Waals surface area contributed by atoms with Gasteiger partial charge in [0, 0.05) is 37.3 Å². The summed E-state index contributed by atoms with van der Waals surface area (Å²) < 4.78 is 5.30. The zero-order chi connectivity index (χ0) is 21.5. The van der Waals surface area contributed by atoms with Crippen molar-refractivity contribution >= 4 is 17.2 Å². The molecule has 0 aliphatic carbocycles. The molecule has 0 fully saturated rings. The third-order valence-corrected chi connectivity index (χ3v) is 5.53. The zero-order valence-corrected chi connectivity index (χ0v) is 17.6. The van der Waals surface area contributed by atoms with Crippen molar-refractivity contribution < 1.29 is 14.4 Å². The number of aliphatic hydroxyl groups is 1. The van der Waals surface area contributed by atoms with E-state index in [2.05, 4.69) is 15.1 Å². The van der Waals surface area contributed by atoms with Gasteiger partial charge in [0.05, 0.1) is 12.6 Å². The highest BCUT2D eigenvalue weighted by atomic mass is 32.1. The number of thiophene rings is 1. The predicted octanol–water partition coefficient (Wildman–Crippen LogP) is 3.89. The zero-order valence-electron chi connectivity index (χ0n) is 16.8. The van der Waals surface area contributed by atoms with Crippen LogP contribution in [0, 0.1) is 0 Å². The van der Waals surface area contributed by atoms with Crippen LogP contribution in [0.1, 0.15) is 29.5 Å². The van der Waals surface area contributed by atoms with Gasteiger partial charge < -0.3 is 14.5 Å². The molecule has 4 rings (SSSR count). The first-order chi connectivity index (χ1) is 15.2. The lowest BCUT2D eigenvalue weighted by molar-refractivity contribution is -0.133. The number of aliphatic hydroxyl groups excluding tert-OH is 1. The molecule has 0 radical (unpaired) electrons. The first-order valence-corrected chi connectivity index (χ1v) is 10.9. The molecule has 7 nitrogen and oxygen atoms in total. The van der Waals surface area contributed by atoms with E-state index in [0.29, 0.717) is 24.7 Å². The van der Waals surface area contributed by atoms with Crippen LogP contribution in [0.15, 0.2) is 76.2 Å². The van der Waals surface area contributed by atoms with Crippen LogP contribution in [0.25, 0.3) is 11.4 Å². The summed E-state index contributed by atoms with van der Waals surface area (Å²) in [7, 11) is 0. The molecule has 3 aromatic heterocycles. The van der Waals surface area contributed by atoms with Gasteiger partial charge in [-0.15, -0.1) is 0 Å². The van der Waals surface area contributed by atoms with Crippen molar-refractivity contribution in [2.75, 3.05) is 6.54 Å². The molecule has 1 N–H and O–H groups in total. The van der Waals surface area contributed by atoms with Gasteiger partial charge in [-0.3, -0.25) is 9.78 Å². The second-order valence-electron chi connectivity index (χ2n) is 7.09. The van der Waals surface area contributed by atoms with Gasteiger partial charge in [0.15, 0.2) is 0 Å². The number of hydrogen-bond acceptors (Lipinski definition) is 7. The topological polar surface area (TPSA) is 92.3 Å². The highest BCUT2D eigenvalue weighted by molar-refractivity contribution is 7.07. The van der Waals surface area contributed by atoms with Gasteiger partial charge in [-0.25, -0.2) is 0 Å². The molecule has 0 aliphatic rings. The van der Waals surface area contributed by atoms with Gasteiger partial charge in [0.1, 0.15) is 0 Å². The fourth-order valence-corrected chi connectivity index (χ4v) is 3.88. The Hall–Kier alpha value is -3.36. The fourth-order valence-electron chi connectivity index (χ4n) is 3.18. The predicted molar refractivity (Wildman–Crippen MR) is 117 cm³/mol. The van der Waals surface area contributed by atoms with Gasteiger partial charge in [0.25, 0.3) is 0 Å². The van der Waals surface area contributed by atoms with Crippen molar-refractivity contribution in [1.82, 2.24) is 20.0 Å². The van der Waals surface area contributed by atoms with Crippen LogP contribution in [-0.4, -0.2) is 37.6 Å². The van der Waals surface area contributed by atoms with Crippen LogP contribution in [0.3, 0.4) is 0 Å². The molecule has 158 valence electrons. The standard InChI is InChI=1S/C23H22N4O3S/c28-20(19-10-12-31-16-19)15-27(14-17-5-2-1-3-6-17)22(29)9-8-21-25-23(26-30-21)18-7-4-11-24-13-18/h1-7,10-13,16,20,28H,8-9,14-15H2/t20-/m0/s1. The molecular weight excluding hydrogens is 412 g/mol. The number of rotatable bonds is 9. The molecule has 0 unspecified atom stereocenters. The summed E-state index contributed by atoms with van der Waals surface area (Å²) in [5.41, 5.74) is 2.58. The second-order valence-corrected chi connectivity index (χ2v) is 7.87.